The number of nitrogen functional groups attached to an aromatic ring is 1. The van der Waals surface area contributed by atoms with E-state index in [-0.39, 0.29) is 41.9 Å². The van der Waals surface area contributed by atoms with Crippen LogP contribution in [0.4, 0.5) is 0 Å². The van der Waals surface area contributed by atoms with E-state index in [1.54, 1.807) is 23.4 Å². The molecule has 1 aliphatic heterocycles. The molecular weight excluding hydrogens is 406 g/mol. The van der Waals surface area contributed by atoms with Crippen molar-refractivity contribution in [2.24, 2.45) is 11.7 Å². The molecule has 1 amide bonds. The third-order valence-electron chi connectivity index (χ3n) is 5.28. The standard InChI is InChI=1S/C21H25N5O3.ClH/c1-13-9-15(19(22)23)3-4-17(13)16-11-24-20(25-12-16)21(28)26-7-5-14(6-8-26)10-18(27)29-2;/h3-4,9,11-12,14H,5-8,10H2,1-2H3,(H3,22,23);1H. The molecule has 9 heteroatoms. The number of halogens is 1. The third kappa shape index (κ3) is 5.33. The second-order valence-corrected chi connectivity index (χ2v) is 7.25. The highest BCUT2D eigenvalue weighted by Crippen LogP contribution is 2.24. The number of aryl methyl sites for hydroxylation is 1. The molecule has 8 nitrogen and oxygen atoms in total. The van der Waals surface area contributed by atoms with E-state index < -0.39 is 0 Å². The van der Waals surface area contributed by atoms with Crippen molar-refractivity contribution in [3.8, 4) is 11.1 Å². The number of hydrogen-bond acceptors (Lipinski definition) is 6. The lowest BCUT2D eigenvalue weighted by atomic mass is 9.93. The van der Waals surface area contributed by atoms with Crippen molar-refractivity contribution in [1.29, 1.82) is 5.41 Å². The van der Waals surface area contributed by atoms with Gasteiger partial charge < -0.3 is 15.4 Å². The van der Waals surface area contributed by atoms with E-state index >= 15 is 0 Å². The number of aromatic nitrogens is 2. The van der Waals surface area contributed by atoms with E-state index in [0.29, 0.717) is 25.1 Å². The SMILES string of the molecule is COC(=O)CC1CCN(C(=O)c2ncc(-c3ccc(C(=N)N)cc3C)cn2)CC1.Cl. The summed E-state index contributed by atoms with van der Waals surface area (Å²) in [5.74, 6) is 0.0261. The average molecular weight is 432 g/mol. The molecule has 0 radical (unpaired) electrons. The van der Waals surface area contributed by atoms with E-state index in [2.05, 4.69) is 9.97 Å². The van der Waals surface area contributed by atoms with Crippen LogP contribution in [0.15, 0.2) is 30.6 Å². The molecule has 0 unspecified atom stereocenters. The zero-order valence-electron chi connectivity index (χ0n) is 17.1. The number of rotatable bonds is 5. The number of esters is 1. The van der Waals surface area contributed by atoms with Crippen LogP contribution < -0.4 is 5.73 Å². The van der Waals surface area contributed by atoms with Crippen LogP contribution in [0.25, 0.3) is 11.1 Å². The highest BCUT2D eigenvalue weighted by atomic mass is 35.5. The second-order valence-electron chi connectivity index (χ2n) is 7.25. The minimum Gasteiger partial charge on any atom is -0.469 e. The maximum atomic E-state index is 12.7. The molecule has 1 aromatic carbocycles. The first kappa shape index (κ1) is 23.3. The fourth-order valence-electron chi connectivity index (χ4n) is 3.53. The van der Waals surface area contributed by atoms with Crippen LogP contribution in [0.1, 0.15) is 41.0 Å². The van der Waals surface area contributed by atoms with Gasteiger partial charge in [-0.05, 0) is 42.9 Å². The Balaban J connectivity index is 0.00000320. The van der Waals surface area contributed by atoms with Gasteiger partial charge >= 0.3 is 5.97 Å². The summed E-state index contributed by atoms with van der Waals surface area (Å²) in [7, 11) is 1.39. The summed E-state index contributed by atoms with van der Waals surface area (Å²) in [6.07, 6.45) is 5.20. The molecule has 0 atom stereocenters. The van der Waals surface area contributed by atoms with Crippen LogP contribution >= 0.6 is 12.4 Å². The minimum absolute atomic E-state index is 0. The Labute approximate surface area is 181 Å². The van der Waals surface area contributed by atoms with Crippen molar-refractivity contribution in [2.45, 2.75) is 26.2 Å². The molecule has 0 aliphatic carbocycles. The number of hydrogen-bond donors (Lipinski definition) is 2. The number of nitrogens with two attached hydrogens (primary N) is 1. The van der Waals surface area contributed by atoms with Crippen LogP contribution in [0, 0.1) is 18.3 Å². The number of likely N-dealkylation sites (tertiary alicyclic amines) is 1. The Morgan fingerprint density at radius 1 is 1.23 bits per heavy atom. The van der Waals surface area contributed by atoms with Gasteiger partial charge in [-0.3, -0.25) is 15.0 Å². The normalized spacial score (nSPS) is 14.0. The van der Waals surface area contributed by atoms with Crippen LogP contribution in [-0.4, -0.2) is 52.8 Å². The number of benzene rings is 1. The third-order valence-corrected chi connectivity index (χ3v) is 5.28. The fourth-order valence-corrected chi connectivity index (χ4v) is 3.53. The summed E-state index contributed by atoms with van der Waals surface area (Å²) in [5, 5.41) is 7.52. The topological polar surface area (TPSA) is 122 Å². The van der Waals surface area contributed by atoms with Gasteiger partial charge in [-0.15, -0.1) is 12.4 Å². The van der Waals surface area contributed by atoms with Gasteiger partial charge in [-0.25, -0.2) is 9.97 Å². The number of amidine groups is 1. The molecular formula is C21H26ClN5O3. The van der Waals surface area contributed by atoms with Crippen molar-refractivity contribution < 1.29 is 14.3 Å². The maximum Gasteiger partial charge on any atom is 0.305 e. The quantitative estimate of drug-likeness (QED) is 0.426. The zero-order chi connectivity index (χ0) is 21.0. The van der Waals surface area contributed by atoms with Gasteiger partial charge in [-0.2, -0.15) is 0 Å². The molecule has 2 heterocycles. The molecule has 3 rings (SSSR count). The zero-order valence-corrected chi connectivity index (χ0v) is 17.9. The predicted octanol–water partition coefficient (Wildman–Crippen LogP) is 2.57. The monoisotopic (exact) mass is 431 g/mol. The summed E-state index contributed by atoms with van der Waals surface area (Å²) in [6.45, 7) is 3.09. The Hall–Kier alpha value is -3.00. The van der Waals surface area contributed by atoms with Crippen molar-refractivity contribution >= 4 is 30.1 Å². The number of nitrogens with one attached hydrogen (secondary N) is 1. The molecule has 30 heavy (non-hydrogen) atoms. The maximum absolute atomic E-state index is 12.7. The molecule has 0 bridgehead atoms. The van der Waals surface area contributed by atoms with Gasteiger partial charge in [-0.1, -0.05) is 12.1 Å². The van der Waals surface area contributed by atoms with Gasteiger partial charge in [0.2, 0.25) is 5.82 Å². The summed E-state index contributed by atoms with van der Waals surface area (Å²) < 4.78 is 4.71. The van der Waals surface area contributed by atoms with E-state index in [9.17, 15) is 9.59 Å². The van der Waals surface area contributed by atoms with Gasteiger partial charge in [0.05, 0.1) is 7.11 Å². The smallest absolute Gasteiger partial charge is 0.305 e. The van der Waals surface area contributed by atoms with Crippen LogP contribution in [0.2, 0.25) is 0 Å². The molecule has 1 aliphatic rings. The first-order valence-corrected chi connectivity index (χ1v) is 9.52. The van der Waals surface area contributed by atoms with Crippen molar-refractivity contribution in [3.63, 3.8) is 0 Å². The van der Waals surface area contributed by atoms with Crippen LogP contribution in [-0.2, 0) is 9.53 Å². The van der Waals surface area contributed by atoms with E-state index in [4.69, 9.17) is 15.9 Å². The van der Waals surface area contributed by atoms with E-state index in [1.807, 2.05) is 19.1 Å². The highest BCUT2D eigenvalue weighted by Gasteiger charge is 2.26. The Kier molecular flexibility index (Phi) is 7.88. The molecule has 1 fully saturated rings. The molecule has 3 N–H and O–H groups in total. The largest absolute Gasteiger partial charge is 0.469 e. The Bertz CT molecular complexity index is 925. The van der Waals surface area contributed by atoms with E-state index in [1.165, 1.54) is 7.11 Å². The molecule has 0 spiro atoms. The Morgan fingerprint density at radius 3 is 2.40 bits per heavy atom. The first-order valence-electron chi connectivity index (χ1n) is 9.52. The van der Waals surface area contributed by atoms with Crippen molar-refractivity contribution in [2.75, 3.05) is 20.2 Å². The number of piperidine rings is 1. The number of nitrogens with zero attached hydrogens (tertiary/aromatic N) is 3. The average Bonchev–Trinajstić information content (AvgIpc) is 2.73. The fraction of sp³-hybridized carbons (Fsp3) is 0.381. The second kappa shape index (κ2) is 10.2. The first-order chi connectivity index (χ1) is 13.9. The van der Waals surface area contributed by atoms with Gasteiger partial charge in [0.1, 0.15) is 5.84 Å². The summed E-state index contributed by atoms with van der Waals surface area (Å²) >= 11 is 0. The van der Waals surface area contributed by atoms with Crippen molar-refractivity contribution in [3.05, 3.63) is 47.5 Å². The highest BCUT2D eigenvalue weighted by molar-refractivity contribution is 5.95. The van der Waals surface area contributed by atoms with Gasteiger partial charge in [0.25, 0.3) is 5.91 Å². The number of ether oxygens (including phenoxy) is 1. The Morgan fingerprint density at radius 2 is 1.87 bits per heavy atom. The number of methoxy groups -OCH3 is 1. The molecule has 160 valence electrons. The van der Waals surface area contributed by atoms with Crippen molar-refractivity contribution in [1.82, 2.24) is 14.9 Å². The molecule has 2 aromatic rings. The lowest BCUT2D eigenvalue weighted by molar-refractivity contribution is -0.142. The predicted molar refractivity (Wildman–Crippen MR) is 116 cm³/mol. The minimum atomic E-state index is -0.208. The summed E-state index contributed by atoms with van der Waals surface area (Å²) in [6, 6.07) is 5.50. The lowest BCUT2D eigenvalue weighted by Crippen LogP contribution is -2.39. The number of carbonyl (C=O) groups is 2. The van der Waals surface area contributed by atoms with E-state index in [0.717, 1.165) is 29.5 Å². The van der Waals surface area contributed by atoms with Gasteiger partial charge in [0.15, 0.2) is 0 Å². The van der Waals surface area contributed by atoms with Crippen LogP contribution in [0.5, 0.6) is 0 Å². The molecule has 1 saturated heterocycles. The molecule has 1 aromatic heterocycles. The van der Waals surface area contributed by atoms with Gasteiger partial charge in [0, 0.05) is 43.0 Å². The lowest BCUT2D eigenvalue weighted by Gasteiger charge is -2.31. The summed E-state index contributed by atoms with van der Waals surface area (Å²) in [4.78, 5) is 34.4. The number of carbonyl (C=O) groups excluding carboxylic acids is 2. The molecule has 0 saturated carbocycles. The summed E-state index contributed by atoms with van der Waals surface area (Å²) in [5.41, 5.74) is 8.87. The van der Waals surface area contributed by atoms with Crippen LogP contribution in [0.3, 0.4) is 0 Å². The number of amides is 1.